The molecule has 182 valence electrons. The second-order valence-corrected chi connectivity index (χ2v) is 8.08. The molecule has 1 aromatic heterocycles. The number of carbonyl (C=O) groups excluding carboxylic acids is 2. The summed E-state index contributed by atoms with van der Waals surface area (Å²) in [6.45, 7) is 0.529. The highest BCUT2D eigenvalue weighted by atomic mass is 35.5. The van der Waals surface area contributed by atoms with Gasteiger partial charge in [0, 0.05) is 18.3 Å². The summed E-state index contributed by atoms with van der Waals surface area (Å²) in [6.07, 6.45) is 1.03. The lowest BCUT2D eigenvalue weighted by Gasteiger charge is -2.16. The zero-order valence-corrected chi connectivity index (χ0v) is 19.8. The van der Waals surface area contributed by atoms with Crippen molar-refractivity contribution in [3.05, 3.63) is 88.0 Å². The number of halogens is 2. The Kier molecular flexibility index (Phi) is 9.28. The molecule has 4 N–H and O–H groups in total. The molecular weight excluding hydrogens is 495 g/mol. The molecule has 0 bridgehead atoms. The lowest BCUT2D eigenvalue weighted by atomic mass is 10.0. The molecule has 0 radical (unpaired) electrons. The van der Waals surface area contributed by atoms with Crippen molar-refractivity contribution in [2.45, 2.75) is 12.5 Å². The van der Waals surface area contributed by atoms with Crippen LogP contribution in [0.4, 0.5) is 16.3 Å². The Morgan fingerprint density at radius 1 is 0.971 bits per heavy atom. The fourth-order valence-electron chi connectivity index (χ4n) is 3.05. The van der Waals surface area contributed by atoms with E-state index in [-0.39, 0.29) is 28.6 Å². The van der Waals surface area contributed by atoms with Gasteiger partial charge in [0.05, 0.1) is 22.2 Å². The standard InChI is InChI=1S/C24H22Cl2N4O5/c25-17-4-3-5-18(26)21(17)22(31)30-19(23(32)33)14-15-7-9-16(10-8-15)29-24(34)35-13-12-28-20-6-1-2-11-27-20/h1-11,19H,12-14H2,(H,27,28)(H,29,34)(H,30,31)(H,32,33)/t19-/m0/s1. The molecule has 9 nitrogen and oxygen atoms in total. The summed E-state index contributed by atoms with van der Waals surface area (Å²) >= 11 is 12.1. The van der Waals surface area contributed by atoms with Gasteiger partial charge in [-0.2, -0.15) is 0 Å². The van der Waals surface area contributed by atoms with Gasteiger partial charge in [-0.3, -0.25) is 10.1 Å². The minimum Gasteiger partial charge on any atom is -0.480 e. The summed E-state index contributed by atoms with van der Waals surface area (Å²) in [5.41, 5.74) is 1.10. The Hall–Kier alpha value is -3.82. The number of aromatic nitrogens is 1. The van der Waals surface area contributed by atoms with Crippen LogP contribution in [0.25, 0.3) is 0 Å². The molecule has 2 amide bonds. The Bertz CT molecular complexity index is 1160. The number of nitrogens with zero attached hydrogens (tertiary/aromatic N) is 1. The van der Waals surface area contributed by atoms with Gasteiger partial charge < -0.3 is 20.5 Å². The molecule has 1 heterocycles. The lowest BCUT2D eigenvalue weighted by Crippen LogP contribution is -2.42. The first kappa shape index (κ1) is 25.8. The number of nitrogens with one attached hydrogen (secondary N) is 3. The molecule has 2 aromatic carbocycles. The third-order valence-electron chi connectivity index (χ3n) is 4.74. The molecule has 3 rings (SSSR count). The first-order chi connectivity index (χ1) is 16.8. The maximum absolute atomic E-state index is 12.5. The number of carboxylic acids is 1. The zero-order chi connectivity index (χ0) is 25.2. The topological polar surface area (TPSA) is 130 Å². The van der Waals surface area contributed by atoms with E-state index < -0.39 is 24.0 Å². The van der Waals surface area contributed by atoms with Gasteiger partial charge in [0.1, 0.15) is 18.5 Å². The van der Waals surface area contributed by atoms with Gasteiger partial charge in [-0.1, -0.05) is 47.5 Å². The van der Waals surface area contributed by atoms with Crippen molar-refractivity contribution in [2.75, 3.05) is 23.8 Å². The van der Waals surface area contributed by atoms with Crippen molar-refractivity contribution in [2.24, 2.45) is 0 Å². The molecule has 3 aromatic rings. The number of pyridine rings is 1. The van der Waals surface area contributed by atoms with Crippen LogP contribution in [0.5, 0.6) is 0 Å². The van der Waals surface area contributed by atoms with E-state index in [4.69, 9.17) is 27.9 Å². The molecule has 0 saturated carbocycles. The highest BCUT2D eigenvalue weighted by Gasteiger charge is 2.23. The molecule has 0 aliphatic heterocycles. The third-order valence-corrected chi connectivity index (χ3v) is 5.37. The van der Waals surface area contributed by atoms with E-state index in [9.17, 15) is 19.5 Å². The maximum atomic E-state index is 12.5. The van der Waals surface area contributed by atoms with E-state index in [2.05, 4.69) is 20.9 Å². The van der Waals surface area contributed by atoms with E-state index in [1.807, 2.05) is 6.07 Å². The van der Waals surface area contributed by atoms with Crippen LogP contribution >= 0.6 is 23.2 Å². The second-order valence-electron chi connectivity index (χ2n) is 7.26. The Balaban J connectivity index is 1.49. The van der Waals surface area contributed by atoms with Crippen molar-refractivity contribution in [1.82, 2.24) is 10.3 Å². The van der Waals surface area contributed by atoms with Crippen LogP contribution in [0.15, 0.2) is 66.9 Å². The molecule has 0 saturated heterocycles. The van der Waals surface area contributed by atoms with Crippen LogP contribution in [-0.4, -0.2) is 47.3 Å². The maximum Gasteiger partial charge on any atom is 0.411 e. The fourth-order valence-corrected chi connectivity index (χ4v) is 3.62. The van der Waals surface area contributed by atoms with Gasteiger partial charge >= 0.3 is 12.1 Å². The number of aliphatic carboxylic acids is 1. The number of rotatable bonds is 10. The highest BCUT2D eigenvalue weighted by Crippen LogP contribution is 2.24. The summed E-state index contributed by atoms with van der Waals surface area (Å²) in [5.74, 6) is -1.23. The van der Waals surface area contributed by atoms with E-state index in [1.165, 1.54) is 12.1 Å². The number of anilines is 2. The van der Waals surface area contributed by atoms with Gasteiger partial charge in [-0.25, -0.2) is 14.6 Å². The number of carboxylic acid groups (broad SMARTS) is 1. The van der Waals surface area contributed by atoms with E-state index in [0.717, 1.165) is 0 Å². The van der Waals surface area contributed by atoms with Crippen molar-refractivity contribution in [3.8, 4) is 0 Å². The first-order valence-electron chi connectivity index (χ1n) is 10.5. The largest absolute Gasteiger partial charge is 0.480 e. The summed E-state index contributed by atoms with van der Waals surface area (Å²) in [7, 11) is 0. The minimum absolute atomic E-state index is 0.00701. The van der Waals surface area contributed by atoms with Crippen LogP contribution in [0.1, 0.15) is 15.9 Å². The van der Waals surface area contributed by atoms with Crippen LogP contribution in [0.2, 0.25) is 10.0 Å². The SMILES string of the molecule is O=C(Nc1ccc(C[C@H](NC(=O)c2c(Cl)cccc2Cl)C(=O)O)cc1)OCCNc1ccccn1. The summed E-state index contributed by atoms with van der Waals surface area (Å²) in [6, 6.07) is 15.3. The van der Waals surface area contributed by atoms with Crippen molar-refractivity contribution < 1.29 is 24.2 Å². The molecule has 0 fully saturated rings. The quantitative estimate of drug-likeness (QED) is 0.292. The van der Waals surface area contributed by atoms with Crippen LogP contribution < -0.4 is 16.0 Å². The first-order valence-corrected chi connectivity index (χ1v) is 11.2. The number of benzene rings is 2. The molecule has 0 aliphatic carbocycles. The number of ether oxygens (including phenoxy) is 1. The number of amides is 2. The summed E-state index contributed by atoms with van der Waals surface area (Å²) in [5, 5.41) is 17.8. The lowest BCUT2D eigenvalue weighted by molar-refractivity contribution is -0.139. The van der Waals surface area contributed by atoms with E-state index in [1.54, 1.807) is 48.7 Å². The average Bonchev–Trinajstić information content (AvgIpc) is 2.83. The van der Waals surface area contributed by atoms with Gasteiger partial charge in [-0.05, 0) is 42.0 Å². The van der Waals surface area contributed by atoms with Crippen LogP contribution in [-0.2, 0) is 16.0 Å². The van der Waals surface area contributed by atoms with Crippen LogP contribution in [0, 0.1) is 0 Å². The molecule has 0 spiro atoms. The summed E-state index contributed by atoms with van der Waals surface area (Å²) in [4.78, 5) is 40.3. The molecule has 11 heteroatoms. The van der Waals surface area contributed by atoms with Crippen molar-refractivity contribution in [1.29, 1.82) is 0 Å². The predicted octanol–water partition coefficient (Wildman–Crippen LogP) is 4.47. The summed E-state index contributed by atoms with van der Waals surface area (Å²) < 4.78 is 5.11. The number of hydrogen-bond donors (Lipinski definition) is 4. The van der Waals surface area contributed by atoms with Gasteiger partial charge in [0.15, 0.2) is 0 Å². The smallest absolute Gasteiger partial charge is 0.411 e. The minimum atomic E-state index is -1.22. The monoisotopic (exact) mass is 516 g/mol. The third kappa shape index (κ3) is 7.87. The normalized spacial score (nSPS) is 11.3. The molecular formula is C24H22Cl2N4O5. The van der Waals surface area contributed by atoms with E-state index in [0.29, 0.717) is 23.6 Å². The Labute approximate surface area is 211 Å². The van der Waals surface area contributed by atoms with Crippen molar-refractivity contribution in [3.63, 3.8) is 0 Å². The highest BCUT2D eigenvalue weighted by molar-refractivity contribution is 6.39. The average molecular weight is 517 g/mol. The molecule has 0 unspecified atom stereocenters. The van der Waals surface area contributed by atoms with Gasteiger partial charge in [-0.15, -0.1) is 0 Å². The van der Waals surface area contributed by atoms with Gasteiger partial charge in [0.25, 0.3) is 5.91 Å². The molecule has 0 aliphatic rings. The second kappa shape index (κ2) is 12.6. The number of hydrogen-bond acceptors (Lipinski definition) is 6. The molecule has 35 heavy (non-hydrogen) atoms. The predicted molar refractivity (Wildman–Crippen MR) is 133 cm³/mol. The Morgan fingerprint density at radius 3 is 2.31 bits per heavy atom. The molecule has 1 atom stereocenters. The zero-order valence-electron chi connectivity index (χ0n) is 18.3. The van der Waals surface area contributed by atoms with Gasteiger partial charge in [0.2, 0.25) is 0 Å². The number of carbonyl (C=O) groups is 3. The Morgan fingerprint density at radius 2 is 1.69 bits per heavy atom. The van der Waals surface area contributed by atoms with E-state index >= 15 is 0 Å². The fraction of sp³-hybridized carbons (Fsp3) is 0.167. The van der Waals surface area contributed by atoms with Crippen LogP contribution in [0.3, 0.4) is 0 Å². The van der Waals surface area contributed by atoms with Crippen molar-refractivity contribution >= 4 is 52.7 Å².